The standard InChI is InChI=1S/C18H19N3O2/c1-13(12-22)21-18(23)20-11-14-6-8-15(9-7-14)17-5-3-2-4-16(17)10-19/h2-9,13,22H,11-12H2,1H3,(H2,20,21,23)/t13-/m0/s1. The molecule has 0 aliphatic rings. The summed E-state index contributed by atoms with van der Waals surface area (Å²) in [7, 11) is 0. The highest BCUT2D eigenvalue weighted by Crippen LogP contribution is 2.23. The van der Waals surface area contributed by atoms with Crippen molar-refractivity contribution in [2.45, 2.75) is 19.5 Å². The molecule has 0 unspecified atom stereocenters. The Bertz CT molecular complexity index is 705. The number of carbonyl (C=O) groups excluding carboxylic acids is 1. The average Bonchev–Trinajstić information content (AvgIpc) is 2.60. The largest absolute Gasteiger partial charge is 0.394 e. The molecule has 5 nitrogen and oxygen atoms in total. The Hall–Kier alpha value is -2.84. The number of aliphatic hydroxyl groups excluding tert-OH is 1. The number of urea groups is 1. The van der Waals surface area contributed by atoms with Crippen molar-refractivity contribution in [3.8, 4) is 17.2 Å². The molecule has 2 amide bonds. The number of hydrogen-bond donors (Lipinski definition) is 3. The van der Waals surface area contributed by atoms with Gasteiger partial charge in [0.2, 0.25) is 0 Å². The Kier molecular flexibility index (Phi) is 5.73. The quantitative estimate of drug-likeness (QED) is 0.793. The van der Waals surface area contributed by atoms with E-state index < -0.39 is 0 Å². The lowest BCUT2D eigenvalue weighted by Gasteiger charge is -2.12. The van der Waals surface area contributed by atoms with Gasteiger partial charge in [0.1, 0.15) is 0 Å². The van der Waals surface area contributed by atoms with Crippen LogP contribution in [-0.2, 0) is 6.54 Å². The third-order valence-electron chi connectivity index (χ3n) is 3.42. The molecule has 0 saturated carbocycles. The molecule has 3 N–H and O–H groups in total. The van der Waals surface area contributed by atoms with Crippen LogP contribution < -0.4 is 10.6 Å². The van der Waals surface area contributed by atoms with Gasteiger partial charge < -0.3 is 15.7 Å². The zero-order chi connectivity index (χ0) is 16.7. The minimum Gasteiger partial charge on any atom is -0.394 e. The van der Waals surface area contributed by atoms with Crippen molar-refractivity contribution < 1.29 is 9.90 Å². The lowest BCUT2D eigenvalue weighted by molar-refractivity contribution is 0.220. The van der Waals surface area contributed by atoms with Crippen molar-refractivity contribution in [3.05, 3.63) is 59.7 Å². The van der Waals surface area contributed by atoms with Crippen LogP contribution in [0.1, 0.15) is 18.1 Å². The van der Waals surface area contributed by atoms with Gasteiger partial charge in [-0.2, -0.15) is 5.26 Å². The molecule has 2 aromatic rings. The summed E-state index contributed by atoms with van der Waals surface area (Å²) in [4.78, 5) is 11.6. The Morgan fingerprint density at radius 2 is 1.91 bits per heavy atom. The van der Waals surface area contributed by atoms with Crippen LogP contribution in [-0.4, -0.2) is 23.8 Å². The van der Waals surface area contributed by atoms with E-state index in [1.54, 1.807) is 13.0 Å². The van der Waals surface area contributed by atoms with Gasteiger partial charge in [-0.3, -0.25) is 0 Å². The maximum atomic E-state index is 11.6. The van der Waals surface area contributed by atoms with Crippen LogP contribution in [0.2, 0.25) is 0 Å². The maximum absolute atomic E-state index is 11.6. The summed E-state index contributed by atoms with van der Waals surface area (Å²) in [6.45, 7) is 2.02. The molecule has 2 rings (SSSR count). The number of benzene rings is 2. The zero-order valence-corrected chi connectivity index (χ0v) is 12.9. The molecule has 5 heteroatoms. The van der Waals surface area contributed by atoms with E-state index in [1.165, 1.54) is 0 Å². The summed E-state index contributed by atoms with van der Waals surface area (Å²) in [5.41, 5.74) is 3.44. The van der Waals surface area contributed by atoms with E-state index in [-0.39, 0.29) is 18.7 Å². The molecule has 0 spiro atoms. The van der Waals surface area contributed by atoms with E-state index in [0.717, 1.165) is 16.7 Å². The highest BCUT2D eigenvalue weighted by atomic mass is 16.3. The normalized spacial score (nSPS) is 11.3. The summed E-state index contributed by atoms with van der Waals surface area (Å²) >= 11 is 0. The zero-order valence-electron chi connectivity index (χ0n) is 12.9. The molecule has 0 aliphatic carbocycles. The second kappa shape index (κ2) is 7.97. The van der Waals surface area contributed by atoms with Crippen LogP contribution in [0.5, 0.6) is 0 Å². The summed E-state index contributed by atoms with van der Waals surface area (Å²) in [5.74, 6) is 0. The topological polar surface area (TPSA) is 85.2 Å². The molecule has 0 fully saturated rings. The van der Waals surface area contributed by atoms with E-state index in [9.17, 15) is 4.79 Å². The van der Waals surface area contributed by atoms with E-state index in [1.807, 2.05) is 42.5 Å². The highest BCUT2D eigenvalue weighted by molar-refractivity contribution is 5.74. The van der Waals surface area contributed by atoms with Crippen LogP contribution in [0.25, 0.3) is 11.1 Å². The van der Waals surface area contributed by atoms with Gasteiger partial charge >= 0.3 is 6.03 Å². The molecule has 23 heavy (non-hydrogen) atoms. The molecule has 0 aliphatic heterocycles. The molecule has 0 radical (unpaired) electrons. The first-order chi connectivity index (χ1) is 11.1. The van der Waals surface area contributed by atoms with Gasteiger partial charge in [0.15, 0.2) is 0 Å². The number of rotatable bonds is 5. The molecule has 118 valence electrons. The third-order valence-corrected chi connectivity index (χ3v) is 3.42. The Balaban J connectivity index is 2.00. The predicted molar refractivity (Wildman–Crippen MR) is 88.5 cm³/mol. The molecule has 2 aromatic carbocycles. The number of nitrogens with one attached hydrogen (secondary N) is 2. The summed E-state index contributed by atoms with van der Waals surface area (Å²) in [6, 6.07) is 16.7. The minimum atomic E-state index is -0.314. The fourth-order valence-corrected chi connectivity index (χ4v) is 2.14. The maximum Gasteiger partial charge on any atom is 0.315 e. The number of carbonyl (C=O) groups is 1. The van der Waals surface area contributed by atoms with E-state index in [4.69, 9.17) is 10.4 Å². The van der Waals surface area contributed by atoms with Gasteiger partial charge in [-0.15, -0.1) is 0 Å². The summed E-state index contributed by atoms with van der Waals surface area (Å²) < 4.78 is 0. The second-order valence-electron chi connectivity index (χ2n) is 5.26. The van der Waals surface area contributed by atoms with Crippen LogP contribution >= 0.6 is 0 Å². The van der Waals surface area contributed by atoms with Crippen molar-refractivity contribution in [3.63, 3.8) is 0 Å². The van der Waals surface area contributed by atoms with E-state index in [0.29, 0.717) is 12.1 Å². The van der Waals surface area contributed by atoms with Crippen molar-refractivity contribution in [2.24, 2.45) is 0 Å². The van der Waals surface area contributed by atoms with Gasteiger partial charge in [-0.25, -0.2) is 4.79 Å². The highest BCUT2D eigenvalue weighted by Gasteiger charge is 2.06. The third kappa shape index (κ3) is 4.56. The first-order valence-corrected chi connectivity index (χ1v) is 7.37. The van der Waals surface area contributed by atoms with Crippen LogP contribution in [0.4, 0.5) is 4.79 Å². The van der Waals surface area contributed by atoms with E-state index in [2.05, 4.69) is 16.7 Å². The van der Waals surface area contributed by atoms with Gasteiger partial charge in [-0.1, -0.05) is 42.5 Å². The van der Waals surface area contributed by atoms with E-state index >= 15 is 0 Å². The summed E-state index contributed by atoms with van der Waals surface area (Å²) in [6.07, 6.45) is 0. The van der Waals surface area contributed by atoms with Crippen LogP contribution in [0, 0.1) is 11.3 Å². The molecule has 0 aromatic heterocycles. The fourth-order valence-electron chi connectivity index (χ4n) is 2.14. The predicted octanol–water partition coefficient (Wildman–Crippen LogP) is 2.41. The Morgan fingerprint density at radius 1 is 1.22 bits per heavy atom. The fraction of sp³-hybridized carbons (Fsp3) is 0.222. The molecule has 0 saturated heterocycles. The Morgan fingerprint density at radius 3 is 2.57 bits per heavy atom. The van der Waals surface area contributed by atoms with Crippen LogP contribution in [0.3, 0.4) is 0 Å². The lowest BCUT2D eigenvalue weighted by atomic mass is 9.99. The number of nitrogens with zero attached hydrogens (tertiary/aromatic N) is 1. The molecular weight excluding hydrogens is 290 g/mol. The monoisotopic (exact) mass is 309 g/mol. The van der Waals surface area contributed by atoms with Gasteiger partial charge in [0, 0.05) is 6.54 Å². The molecule has 0 bridgehead atoms. The SMILES string of the molecule is C[C@@H](CO)NC(=O)NCc1ccc(-c2ccccc2C#N)cc1. The molecule has 0 heterocycles. The lowest BCUT2D eigenvalue weighted by Crippen LogP contribution is -2.41. The van der Waals surface area contributed by atoms with Crippen molar-refractivity contribution in [1.29, 1.82) is 5.26 Å². The number of amides is 2. The average molecular weight is 309 g/mol. The first-order valence-electron chi connectivity index (χ1n) is 7.37. The van der Waals surface area contributed by atoms with Gasteiger partial charge in [0.25, 0.3) is 0 Å². The number of hydrogen-bond acceptors (Lipinski definition) is 3. The van der Waals surface area contributed by atoms with Crippen molar-refractivity contribution in [2.75, 3.05) is 6.61 Å². The van der Waals surface area contributed by atoms with Crippen LogP contribution in [0.15, 0.2) is 48.5 Å². The van der Waals surface area contributed by atoms with Crippen molar-refractivity contribution in [1.82, 2.24) is 10.6 Å². The Labute approximate surface area is 135 Å². The van der Waals surface area contributed by atoms with Crippen molar-refractivity contribution >= 4 is 6.03 Å². The number of nitriles is 1. The van der Waals surface area contributed by atoms with Gasteiger partial charge in [-0.05, 0) is 29.7 Å². The molecule has 1 atom stereocenters. The summed E-state index contributed by atoms with van der Waals surface area (Å²) in [5, 5.41) is 23.4. The van der Waals surface area contributed by atoms with Gasteiger partial charge in [0.05, 0.1) is 24.3 Å². The minimum absolute atomic E-state index is 0.0968. The second-order valence-corrected chi connectivity index (χ2v) is 5.26. The first kappa shape index (κ1) is 16.5. The smallest absolute Gasteiger partial charge is 0.315 e. The molecular formula is C18H19N3O2. The number of aliphatic hydroxyl groups is 1.